The van der Waals surface area contributed by atoms with Crippen LogP contribution in [-0.2, 0) is 34.8 Å². The van der Waals surface area contributed by atoms with Gasteiger partial charge < -0.3 is 23.8 Å². The summed E-state index contributed by atoms with van der Waals surface area (Å²) in [6, 6.07) is 20.1. The molecule has 56 heavy (non-hydrogen) atoms. The van der Waals surface area contributed by atoms with Gasteiger partial charge in [0, 0.05) is 62.3 Å². The van der Waals surface area contributed by atoms with Crippen molar-refractivity contribution in [3.05, 3.63) is 99.8 Å². The van der Waals surface area contributed by atoms with E-state index in [9.17, 15) is 18.5 Å². The molecule has 4 heterocycles. The monoisotopic (exact) mass is 802 g/mol. The molecule has 0 aliphatic carbocycles. The number of hydrogen-bond donors (Lipinski definition) is 1. The Morgan fingerprint density at radius 3 is 2.39 bits per heavy atom. The predicted octanol–water partition coefficient (Wildman–Crippen LogP) is 5.72. The van der Waals surface area contributed by atoms with Crippen molar-refractivity contribution in [3.63, 3.8) is 0 Å². The molecular weight excluding hydrogens is 756 g/mol. The molecule has 3 aliphatic heterocycles. The van der Waals surface area contributed by atoms with Crippen LogP contribution in [-0.4, -0.2) is 93.4 Å². The van der Waals surface area contributed by atoms with Gasteiger partial charge in [-0.05, 0) is 86.4 Å². The molecule has 0 bridgehead atoms. The highest BCUT2D eigenvalue weighted by Crippen LogP contribution is 2.38. The van der Waals surface area contributed by atoms with Crippen LogP contribution in [0.3, 0.4) is 0 Å². The van der Waals surface area contributed by atoms with Gasteiger partial charge in [-0.2, -0.15) is 18.0 Å². The lowest BCUT2D eigenvalue weighted by Gasteiger charge is -2.30. The van der Waals surface area contributed by atoms with Crippen LogP contribution in [0.5, 0.6) is 23.0 Å². The molecule has 0 radical (unpaired) electrons. The molecule has 0 atom stereocenters. The van der Waals surface area contributed by atoms with Crippen LogP contribution < -0.4 is 23.7 Å². The third-order valence-corrected chi connectivity index (χ3v) is 11.7. The normalized spacial score (nSPS) is 16.2. The van der Waals surface area contributed by atoms with Crippen molar-refractivity contribution in [1.82, 2.24) is 23.8 Å². The number of nitrogens with one attached hydrogen (secondary N) is 1. The first-order valence-electron chi connectivity index (χ1n) is 18.7. The summed E-state index contributed by atoms with van der Waals surface area (Å²) in [5.41, 5.74) is 6.70. The average molecular weight is 803 g/mol. The Kier molecular flexibility index (Phi) is 14.0. The molecule has 296 valence electrons. The van der Waals surface area contributed by atoms with Crippen LogP contribution in [0.15, 0.2) is 67.0 Å². The minimum atomic E-state index is -3.57. The van der Waals surface area contributed by atoms with Gasteiger partial charge in [0.15, 0.2) is 11.5 Å². The Labute approximate surface area is 333 Å². The molecule has 1 amide bonds. The highest BCUT2D eigenvalue weighted by molar-refractivity contribution is 7.87. The van der Waals surface area contributed by atoms with Crippen molar-refractivity contribution < 1.29 is 32.2 Å². The number of carbonyl (C=O) groups is 1. The van der Waals surface area contributed by atoms with Gasteiger partial charge in [-0.3, -0.25) is 14.7 Å². The van der Waals surface area contributed by atoms with Gasteiger partial charge in [0.2, 0.25) is 6.41 Å². The minimum Gasteiger partial charge on any atom is -0.488 e. The zero-order valence-electron chi connectivity index (χ0n) is 31.7. The largest absolute Gasteiger partial charge is 0.488 e. The third-order valence-electron chi connectivity index (χ3n) is 9.96. The second-order valence-electron chi connectivity index (χ2n) is 13.9. The van der Waals surface area contributed by atoms with Crippen molar-refractivity contribution in [2.45, 2.75) is 45.9 Å². The Morgan fingerprint density at radius 2 is 1.64 bits per heavy atom. The van der Waals surface area contributed by atoms with Gasteiger partial charge in [-0.1, -0.05) is 42.3 Å². The van der Waals surface area contributed by atoms with Crippen molar-refractivity contribution >= 4 is 28.2 Å². The number of hydrogen-bond acceptors (Lipinski definition) is 11. The van der Waals surface area contributed by atoms with E-state index in [4.69, 9.17) is 30.5 Å². The average Bonchev–Trinajstić information content (AvgIpc) is 3.21. The second kappa shape index (κ2) is 19.3. The number of nitrogens with zero attached hydrogens (tertiary/aromatic N) is 5. The third kappa shape index (κ3) is 10.7. The smallest absolute Gasteiger partial charge is 0.303 e. The maximum absolute atomic E-state index is 11.3. The molecule has 2 saturated heterocycles. The fraction of sp³-hybridized carbons (Fsp3) is 0.390. The van der Waals surface area contributed by atoms with E-state index in [2.05, 4.69) is 41.1 Å². The molecule has 15 heteroatoms. The molecule has 4 aromatic rings. The van der Waals surface area contributed by atoms with Crippen LogP contribution in [0.25, 0.3) is 11.1 Å². The highest BCUT2D eigenvalue weighted by Gasteiger charge is 2.25. The quantitative estimate of drug-likeness (QED) is 0.176. The number of likely N-dealkylation sites (N-methyl/N-ethyl adjacent to an activating group) is 1. The number of amides is 1. The number of likely N-dealkylation sites (tertiary alicyclic amines) is 1. The molecule has 0 saturated carbocycles. The number of halogens is 1. The number of nitriles is 1. The zero-order chi connectivity index (χ0) is 39.5. The number of benzene rings is 3. The van der Waals surface area contributed by atoms with Gasteiger partial charge in [0.05, 0.1) is 10.6 Å². The second-order valence-corrected chi connectivity index (χ2v) is 16.0. The number of fused-ring (bicyclic) bond motifs is 1. The van der Waals surface area contributed by atoms with Crippen LogP contribution in [0.2, 0.25) is 5.02 Å². The first kappa shape index (κ1) is 40.7. The zero-order valence-corrected chi connectivity index (χ0v) is 33.3. The standard InChI is InChI=1S/C35H34ClN3O4.C6H13N3O3S/c1-24-28(6-5-7-30(24)27-8-9-32-35(16-27)41-13-12-40-32)23-43-34-17-33(42-22-26-14-25(18-37)19-38-20-26)29(15-31(34)36)21-39-10-3-2-4-11-39;1-8-2-4-9(5-3-8)13(11,12)7-6-10/h5-9,14-17,19-20H,2-4,10-13,21-23H2,1H3;6H,2-5H2,1H3,(H,7,10). The van der Waals surface area contributed by atoms with E-state index in [1.165, 1.54) is 23.6 Å². The van der Waals surface area contributed by atoms with Gasteiger partial charge in [0.25, 0.3) is 0 Å². The molecule has 0 spiro atoms. The van der Waals surface area contributed by atoms with Crippen molar-refractivity contribution in [1.29, 1.82) is 5.26 Å². The van der Waals surface area contributed by atoms with E-state index in [0.29, 0.717) is 68.1 Å². The van der Waals surface area contributed by atoms with E-state index in [-0.39, 0.29) is 13.0 Å². The van der Waals surface area contributed by atoms with Crippen LogP contribution in [0, 0.1) is 18.3 Å². The summed E-state index contributed by atoms with van der Waals surface area (Å²) in [4.78, 5) is 18.6. The molecule has 13 nitrogen and oxygen atoms in total. The summed E-state index contributed by atoms with van der Waals surface area (Å²) in [7, 11) is -1.64. The summed E-state index contributed by atoms with van der Waals surface area (Å²) in [6.45, 7) is 8.97. The number of piperidine rings is 1. The molecule has 0 unspecified atom stereocenters. The van der Waals surface area contributed by atoms with E-state index in [1.54, 1.807) is 23.2 Å². The molecule has 1 N–H and O–H groups in total. The molecule has 7 rings (SSSR count). The van der Waals surface area contributed by atoms with E-state index in [1.807, 2.05) is 42.3 Å². The van der Waals surface area contributed by atoms with E-state index >= 15 is 0 Å². The topological polar surface area (TPSA) is 147 Å². The first-order valence-corrected chi connectivity index (χ1v) is 20.5. The first-order chi connectivity index (χ1) is 27.1. The van der Waals surface area contributed by atoms with Crippen LogP contribution in [0.4, 0.5) is 0 Å². The lowest BCUT2D eigenvalue weighted by atomic mass is 9.96. The SMILES string of the molecule is CN1CCN(S(=O)(=O)NC=O)CC1.Cc1c(COc2cc(OCc3cncc(C#N)c3)c(CN3CCCCC3)cc2Cl)cccc1-c1ccc2c(c1)OCCO2. The van der Waals surface area contributed by atoms with Crippen molar-refractivity contribution in [3.8, 4) is 40.2 Å². The maximum Gasteiger partial charge on any atom is 0.303 e. The Balaban J connectivity index is 0.000000348. The molecule has 2 fully saturated rings. The summed E-state index contributed by atoms with van der Waals surface area (Å²) in [6.07, 6.45) is 7.11. The fourth-order valence-electron chi connectivity index (χ4n) is 6.77. The van der Waals surface area contributed by atoms with Gasteiger partial charge in [-0.15, -0.1) is 0 Å². The summed E-state index contributed by atoms with van der Waals surface area (Å²) in [5.74, 6) is 2.82. The van der Waals surface area contributed by atoms with E-state index in [0.717, 1.165) is 64.5 Å². The number of pyridine rings is 1. The summed E-state index contributed by atoms with van der Waals surface area (Å²) < 4.78 is 49.7. The number of aromatic nitrogens is 1. The highest BCUT2D eigenvalue weighted by atomic mass is 35.5. The summed E-state index contributed by atoms with van der Waals surface area (Å²) in [5, 5.41) is 9.81. The Morgan fingerprint density at radius 1 is 0.893 bits per heavy atom. The molecule has 3 aromatic carbocycles. The van der Waals surface area contributed by atoms with Gasteiger partial charge in [0.1, 0.15) is 44.0 Å². The Bertz CT molecular complexity index is 2130. The minimum absolute atomic E-state index is 0.188. The van der Waals surface area contributed by atoms with Crippen molar-refractivity contribution in [2.75, 3.05) is 59.5 Å². The molecular formula is C41H47ClN6O7S. The lowest BCUT2D eigenvalue weighted by molar-refractivity contribution is -0.108. The predicted molar refractivity (Wildman–Crippen MR) is 213 cm³/mol. The van der Waals surface area contributed by atoms with Crippen molar-refractivity contribution in [2.24, 2.45) is 0 Å². The number of piperazine rings is 1. The fourth-order valence-corrected chi connectivity index (χ4v) is 7.93. The number of ether oxygens (including phenoxy) is 4. The number of carbonyl (C=O) groups excluding carboxylic acids is 1. The van der Waals surface area contributed by atoms with E-state index < -0.39 is 10.2 Å². The Hall–Kier alpha value is -4.91. The maximum atomic E-state index is 11.3. The van der Waals surface area contributed by atoms with Crippen LogP contribution >= 0.6 is 11.6 Å². The number of rotatable bonds is 12. The van der Waals surface area contributed by atoms with Gasteiger partial charge in [-0.25, -0.2) is 4.72 Å². The molecule has 3 aliphatic rings. The van der Waals surface area contributed by atoms with Crippen LogP contribution in [0.1, 0.15) is 47.1 Å². The molecule has 1 aromatic heterocycles. The summed E-state index contributed by atoms with van der Waals surface area (Å²) >= 11 is 6.81. The van der Waals surface area contributed by atoms with Gasteiger partial charge >= 0.3 is 10.2 Å². The lowest BCUT2D eigenvalue weighted by Crippen LogP contribution is -2.50.